The Morgan fingerprint density at radius 3 is 2.94 bits per heavy atom. The van der Waals surface area contributed by atoms with E-state index in [4.69, 9.17) is 5.73 Å². The maximum atomic E-state index is 11.7. The third kappa shape index (κ3) is 2.14. The third-order valence-corrected chi connectivity index (χ3v) is 2.89. The molecule has 0 unspecified atom stereocenters. The normalized spacial score (nSPS) is 13.9. The highest BCUT2D eigenvalue weighted by Crippen LogP contribution is 2.31. The molecule has 0 saturated carbocycles. The molecule has 16 heavy (non-hydrogen) atoms. The average molecular weight is 241 g/mol. The van der Waals surface area contributed by atoms with E-state index in [1.54, 1.807) is 0 Å². The fraction of sp³-hybridized carbons (Fsp3) is 0.417. The zero-order valence-electron chi connectivity index (χ0n) is 9.40. The van der Waals surface area contributed by atoms with E-state index < -0.39 is 0 Å². The smallest absolute Gasteiger partial charge is 0.226 e. The molecule has 2 N–H and O–H groups in total. The van der Waals surface area contributed by atoms with Gasteiger partial charge in [0.2, 0.25) is 5.91 Å². The van der Waals surface area contributed by atoms with E-state index in [2.05, 4.69) is 0 Å². The van der Waals surface area contributed by atoms with E-state index in [0.717, 1.165) is 36.3 Å². The van der Waals surface area contributed by atoms with E-state index in [1.807, 2.05) is 30.0 Å². The number of hydrogen-bond donors (Lipinski definition) is 1. The molecule has 0 fully saturated rings. The lowest BCUT2D eigenvalue weighted by atomic mass is 9.99. The van der Waals surface area contributed by atoms with Crippen LogP contribution in [-0.2, 0) is 11.2 Å². The first kappa shape index (κ1) is 12.8. The molecule has 0 bridgehead atoms. The summed E-state index contributed by atoms with van der Waals surface area (Å²) in [5.74, 6) is 0.182. The number of nitrogens with zero attached hydrogens (tertiary/aromatic N) is 1. The molecule has 4 heteroatoms. The maximum absolute atomic E-state index is 11.7. The molecule has 1 heterocycles. The van der Waals surface area contributed by atoms with Crippen molar-refractivity contribution in [3.05, 3.63) is 23.8 Å². The van der Waals surface area contributed by atoms with Crippen LogP contribution in [0.5, 0.6) is 0 Å². The van der Waals surface area contributed by atoms with E-state index in [9.17, 15) is 4.79 Å². The summed E-state index contributed by atoms with van der Waals surface area (Å²) in [6.07, 6.45) is 2.54. The van der Waals surface area contributed by atoms with Crippen LogP contribution in [0, 0.1) is 0 Å². The van der Waals surface area contributed by atoms with Crippen molar-refractivity contribution in [1.29, 1.82) is 0 Å². The van der Waals surface area contributed by atoms with E-state index in [0.29, 0.717) is 6.42 Å². The van der Waals surface area contributed by atoms with Gasteiger partial charge in [-0.3, -0.25) is 4.79 Å². The van der Waals surface area contributed by atoms with Crippen molar-refractivity contribution in [2.45, 2.75) is 26.2 Å². The van der Waals surface area contributed by atoms with Gasteiger partial charge in [0.1, 0.15) is 0 Å². The van der Waals surface area contributed by atoms with Gasteiger partial charge in [-0.2, -0.15) is 0 Å². The fourth-order valence-corrected chi connectivity index (χ4v) is 2.10. The number of nitrogens with two attached hydrogens (primary N) is 1. The molecule has 3 nitrogen and oxygen atoms in total. The standard InChI is InChI=1S/C12H16N2O.ClH/c1-2-12(15)14-8-4-5-9-10(13)6-3-7-11(9)14;/h3,6-7H,2,4-5,8,13H2,1H3;1H. The van der Waals surface area contributed by atoms with Gasteiger partial charge in [-0.05, 0) is 30.5 Å². The molecule has 0 aromatic heterocycles. The van der Waals surface area contributed by atoms with Crippen molar-refractivity contribution < 1.29 is 4.79 Å². The van der Waals surface area contributed by atoms with E-state index in [-0.39, 0.29) is 18.3 Å². The maximum Gasteiger partial charge on any atom is 0.226 e. The Morgan fingerprint density at radius 2 is 2.25 bits per heavy atom. The number of rotatable bonds is 1. The SMILES string of the molecule is CCC(=O)N1CCCc2c(N)cccc21.Cl. The van der Waals surface area contributed by atoms with Gasteiger partial charge in [0.15, 0.2) is 0 Å². The highest BCUT2D eigenvalue weighted by molar-refractivity contribution is 5.95. The summed E-state index contributed by atoms with van der Waals surface area (Å²) in [5, 5.41) is 0. The molecule has 0 aliphatic carbocycles. The van der Waals surface area contributed by atoms with Gasteiger partial charge in [0.05, 0.1) is 0 Å². The van der Waals surface area contributed by atoms with Crippen LogP contribution in [0.15, 0.2) is 18.2 Å². The second-order valence-corrected chi connectivity index (χ2v) is 3.85. The number of fused-ring (bicyclic) bond motifs is 1. The number of nitrogen functional groups attached to an aromatic ring is 1. The summed E-state index contributed by atoms with van der Waals surface area (Å²) in [7, 11) is 0. The van der Waals surface area contributed by atoms with Crippen molar-refractivity contribution in [1.82, 2.24) is 0 Å². The Labute approximate surface area is 102 Å². The van der Waals surface area contributed by atoms with Gasteiger partial charge in [-0.25, -0.2) is 0 Å². The zero-order valence-corrected chi connectivity index (χ0v) is 10.2. The molecule has 1 amide bonds. The lowest BCUT2D eigenvalue weighted by Crippen LogP contribution is -2.35. The number of benzene rings is 1. The molecule has 0 spiro atoms. The second kappa shape index (κ2) is 5.21. The highest BCUT2D eigenvalue weighted by atomic mass is 35.5. The molecule has 1 aliphatic rings. The summed E-state index contributed by atoms with van der Waals surface area (Å²) in [4.78, 5) is 13.6. The van der Waals surface area contributed by atoms with Crippen LogP contribution in [-0.4, -0.2) is 12.5 Å². The van der Waals surface area contributed by atoms with Crippen LogP contribution in [0.25, 0.3) is 0 Å². The van der Waals surface area contributed by atoms with Crippen LogP contribution in [0.1, 0.15) is 25.3 Å². The summed E-state index contributed by atoms with van der Waals surface area (Å²) >= 11 is 0. The predicted octanol–water partition coefficient (Wildman–Crippen LogP) is 2.38. The topological polar surface area (TPSA) is 46.3 Å². The minimum Gasteiger partial charge on any atom is -0.398 e. The number of halogens is 1. The first-order valence-electron chi connectivity index (χ1n) is 5.41. The van der Waals surface area contributed by atoms with Gasteiger partial charge in [0, 0.05) is 24.3 Å². The first-order chi connectivity index (χ1) is 7.24. The lowest BCUT2D eigenvalue weighted by Gasteiger charge is -2.30. The summed E-state index contributed by atoms with van der Waals surface area (Å²) in [6.45, 7) is 2.71. The molecule has 88 valence electrons. The zero-order chi connectivity index (χ0) is 10.8. The van der Waals surface area contributed by atoms with Crippen molar-refractivity contribution in [3.8, 4) is 0 Å². The minimum absolute atomic E-state index is 0. The van der Waals surface area contributed by atoms with Crippen LogP contribution < -0.4 is 10.6 Å². The Morgan fingerprint density at radius 1 is 1.50 bits per heavy atom. The molecule has 1 aromatic rings. The van der Waals surface area contributed by atoms with Gasteiger partial charge in [-0.15, -0.1) is 12.4 Å². The van der Waals surface area contributed by atoms with E-state index >= 15 is 0 Å². The molecule has 1 aliphatic heterocycles. The predicted molar refractivity (Wildman–Crippen MR) is 69.1 cm³/mol. The van der Waals surface area contributed by atoms with Crippen molar-refractivity contribution in [2.75, 3.05) is 17.2 Å². The molecular formula is C12H17ClN2O. The Bertz CT molecular complexity index is 393. The van der Waals surface area contributed by atoms with Crippen LogP contribution in [0.3, 0.4) is 0 Å². The summed E-state index contributed by atoms with van der Waals surface area (Å²) in [6, 6.07) is 5.80. The second-order valence-electron chi connectivity index (χ2n) is 3.85. The number of amides is 1. The molecule has 0 saturated heterocycles. The molecule has 0 radical (unpaired) electrons. The molecule has 0 atom stereocenters. The van der Waals surface area contributed by atoms with Gasteiger partial charge >= 0.3 is 0 Å². The van der Waals surface area contributed by atoms with Crippen molar-refractivity contribution >= 4 is 29.7 Å². The van der Waals surface area contributed by atoms with Gasteiger partial charge < -0.3 is 10.6 Å². The van der Waals surface area contributed by atoms with Gasteiger partial charge in [0.25, 0.3) is 0 Å². The summed E-state index contributed by atoms with van der Waals surface area (Å²) < 4.78 is 0. The van der Waals surface area contributed by atoms with Crippen LogP contribution >= 0.6 is 12.4 Å². The molecule has 2 rings (SSSR count). The molecular weight excluding hydrogens is 224 g/mol. The number of carbonyl (C=O) groups excluding carboxylic acids is 1. The van der Waals surface area contributed by atoms with Crippen molar-refractivity contribution in [3.63, 3.8) is 0 Å². The lowest BCUT2D eigenvalue weighted by molar-refractivity contribution is -0.118. The Hall–Kier alpha value is -1.22. The monoisotopic (exact) mass is 240 g/mol. The Balaban J connectivity index is 0.00000128. The Kier molecular flexibility index (Phi) is 4.19. The minimum atomic E-state index is 0. The largest absolute Gasteiger partial charge is 0.398 e. The van der Waals surface area contributed by atoms with Crippen molar-refractivity contribution in [2.24, 2.45) is 0 Å². The summed E-state index contributed by atoms with van der Waals surface area (Å²) in [5.41, 5.74) is 8.85. The van der Waals surface area contributed by atoms with Gasteiger partial charge in [-0.1, -0.05) is 13.0 Å². The first-order valence-corrected chi connectivity index (χ1v) is 5.41. The van der Waals surface area contributed by atoms with Crippen LogP contribution in [0.2, 0.25) is 0 Å². The number of hydrogen-bond acceptors (Lipinski definition) is 2. The quantitative estimate of drug-likeness (QED) is 0.767. The third-order valence-electron chi connectivity index (χ3n) is 2.89. The number of anilines is 2. The van der Waals surface area contributed by atoms with Crippen LogP contribution in [0.4, 0.5) is 11.4 Å². The molecule has 1 aromatic carbocycles. The van der Waals surface area contributed by atoms with E-state index in [1.165, 1.54) is 0 Å². The average Bonchev–Trinajstić information content (AvgIpc) is 2.28. The highest BCUT2D eigenvalue weighted by Gasteiger charge is 2.22. The fourth-order valence-electron chi connectivity index (χ4n) is 2.10. The number of carbonyl (C=O) groups is 1.